The maximum atomic E-state index is 12.8. The van der Waals surface area contributed by atoms with Crippen LogP contribution in [0.2, 0.25) is 0 Å². The van der Waals surface area contributed by atoms with E-state index in [9.17, 15) is 9.59 Å². The number of amides is 2. The number of halogens is 1. The largest absolute Gasteiger partial charge is 0.317 e. The van der Waals surface area contributed by atoms with Gasteiger partial charge in [-0.25, -0.2) is 0 Å². The van der Waals surface area contributed by atoms with Crippen molar-refractivity contribution in [2.24, 2.45) is 5.92 Å². The average Bonchev–Trinajstić information content (AvgIpc) is 3.24. The van der Waals surface area contributed by atoms with Crippen molar-refractivity contribution in [3.63, 3.8) is 0 Å². The van der Waals surface area contributed by atoms with Crippen LogP contribution in [0.15, 0.2) is 47.5 Å². The SMILES string of the molecule is O=C1S/C(=C/c2cccn2-c2ccc(I)cc2)C(=O)N1CC1CCCCC1. The Hall–Kier alpha value is -1.54. The molecule has 2 aliphatic rings. The number of benzene rings is 1. The zero-order valence-corrected chi connectivity index (χ0v) is 17.9. The maximum Gasteiger partial charge on any atom is 0.293 e. The fourth-order valence-corrected chi connectivity index (χ4v) is 4.96. The number of thioether (sulfide) groups is 1. The average molecular weight is 492 g/mol. The van der Waals surface area contributed by atoms with Crippen molar-refractivity contribution in [1.29, 1.82) is 0 Å². The highest BCUT2D eigenvalue weighted by atomic mass is 127. The van der Waals surface area contributed by atoms with Crippen LogP contribution in [0.5, 0.6) is 0 Å². The number of carbonyl (C=O) groups excluding carboxylic acids is 2. The molecule has 0 bridgehead atoms. The van der Waals surface area contributed by atoms with E-state index in [1.807, 2.05) is 41.1 Å². The summed E-state index contributed by atoms with van der Waals surface area (Å²) in [6.07, 6.45) is 9.74. The van der Waals surface area contributed by atoms with Crippen LogP contribution < -0.4 is 0 Å². The highest BCUT2D eigenvalue weighted by Crippen LogP contribution is 2.35. The van der Waals surface area contributed by atoms with Crippen molar-refractivity contribution in [1.82, 2.24) is 9.47 Å². The summed E-state index contributed by atoms with van der Waals surface area (Å²) in [6.45, 7) is 0.570. The van der Waals surface area contributed by atoms with Crippen molar-refractivity contribution in [2.45, 2.75) is 32.1 Å². The monoisotopic (exact) mass is 492 g/mol. The summed E-state index contributed by atoms with van der Waals surface area (Å²) in [5.41, 5.74) is 1.94. The molecule has 2 aromatic rings. The van der Waals surface area contributed by atoms with Gasteiger partial charge in [0.2, 0.25) is 0 Å². The van der Waals surface area contributed by atoms with Crippen LogP contribution >= 0.6 is 34.4 Å². The molecular weight excluding hydrogens is 471 g/mol. The van der Waals surface area contributed by atoms with E-state index in [-0.39, 0.29) is 11.1 Å². The molecule has 2 heterocycles. The van der Waals surface area contributed by atoms with Crippen molar-refractivity contribution in [3.05, 3.63) is 56.8 Å². The van der Waals surface area contributed by atoms with Crippen LogP contribution in [0.25, 0.3) is 11.8 Å². The van der Waals surface area contributed by atoms with E-state index >= 15 is 0 Å². The summed E-state index contributed by atoms with van der Waals surface area (Å²) in [5, 5.41) is -0.135. The third-order valence-electron chi connectivity index (χ3n) is 5.20. The summed E-state index contributed by atoms with van der Waals surface area (Å²) in [5.74, 6) is 0.313. The molecule has 2 fully saturated rings. The number of hydrogen-bond acceptors (Lipinski definition) is 3. The van der Waals surface area contributed by atoms with Crippen LogP contribution in [-0.4, -0.2) is 27.2 Å². The third-order valence-corrected chi connectivity index (χ3v) is 6.83. The summed E-state index contributed by atoms with van der Waals surface area (Å²) < 4.78 is 3.21. The molecular formula is C21H21IN2O2S. The second-order valence-corrected chi connectivity index (χ2v) is 9.31. The lowest BCUT2D eigenvalue weighted by Crippen LogP contribution is -2.34. The molecule has 1 aliphatic carbocycles. The fourth-order valence-electron chi connectivity index (χ4n) is 3.77. The van der Waals surface area contributed by atoms with E-state index in [0.717, 1.165) is 36.0 Å². The molecule has 6 heteroatoms. The van der Waals surface area contributed by atoms with Gasteiger partial charge in [0.15, 0.2) is 0 Å². The van der Waals surface area contributed by atoms with E-state index in [2.05, 4.69) is 34.7 Å². The molecule has 1 saturated heterocycles. The molecule has 1 aliphatic heterocycles. The quantitative estimate of drug-likeness (QED) is 0.407. The van der Waals surface area contributed by atoms with Gasteiger partial charge < -0.3 is 4.57 Å². The first kappa shape index (κ1) is 18.8. The van der Waals surface area contributed by atoms with Gasteiger partial charge >= 0.3 is 0 Å². The second-order valence-electron chi connectivity index (χ2n) is 7.08. The Morgan fingerprint density at radius 3 is 2.56 bits per heavy atom. The Bertz CT molecular complexity index is 882. The Kier molecular flexibility index (Phi) is 5.73. The van der Waals surface area contributed by atoms with Gasteiger partial charge in [-0.15, -0.1) is 0 Å². The number of hydrogen-bond donors (Lipinski definition) is 0. The van der Waals surface area contributed by atoms with Gasteiger partial charge in [0, 0.05) is 27.7 Å². The summed E-state index contributed by atoms with van der Waals surface area (Å²) >= 11 is 3.34. The van der Waals surface area contributed by atoms with E-state index in [1.165, 1.54) is 27.7 Å². The Morgan fingerprint density at radius 1 is 1.07 bits per heavy atom. The summed E-state index contributed by atoms with van der Waals surface area (Å²) in [4.78, 5) is 27.2. The van der Waals surface area contributed by atoms with Crippen LogP contribution in [0, 0.1) is 9.49 Å². The molecule has 27 heavy (non-hydrogen) atoms. The minimum atomic E-state index is -0.147. The van der Waals surface area contributed by atoms with Crippen LogP contribution in [-0.2, 0) is 4.79 Å². The Labute approximate surface area is 177 Å². The number of imide groups is 1. The standard InChI is InChI=1S/C21H21IN2O2S/c22-16-8-10-17(11-9-16)23-12-4-7-18(23)13-19-20(25)24(21(26)27-19)14-15-5-2-1-3-6-15/h4,7-13,15H,1-3,5-6,14H2/b19-13+. The zero-order chi connectivity index (χ0) is 18.8. The predicted octanol–water partition coefficient (Wildman–Crippen LogP) is 5.70. The van der Waals surface area contributed by atoms with E-state index in [1.54, 1.807) is 0 Å². The minimum Gasteiger partial charge on any atom is -0.317 e. The van der Waals surface area contributed by atoms with Gasteiger partial charge in [0.1, 0.15) is 0 Å². The normalized spacial score (nSPS) is 20.0. The highest BCUT2D eigenvalue weighted by molar-refractivity contribution is 14.1. The van der Waals surface area contributed by atoms with Crippen molar-refractivity contribution >= 4 is 51.6 Å². The van der Waals surface area contributed by atoms with Gasteiger partial charge in [-0.1, -0.05) is 19.3 Å². The van der Waals surface area contributed by atoms with Gasteiger partial charge in [-0.2, -0.15) is 0 Å². The smallest absolute Gasteiger partial charge is 0.293 e. The Balaban J connectivity index is 1.55. The topological polar surface area (TPSA) is 42.3 Å². The molecule has 0 spiro atoms. The lowest BCUT2D eigenvalue weighted by atomic mass is 9.89. The van der Waals surface area contributed by atoms with Crippen LogP contribution in [0.1, 0.15) is 37.8 Å². The molecule has 0 unspecified atom stereocenters. The number of nitrogens with zero attached hydrogens (tertiary/aromatic N) is 2. The van der Waals surface area contributed by atoms with Gasteiger partial charge in [-0.05, 0) is 95.6 Å². The predicted molar refractivity (Wildman–Crippen MR) is 118 cm³/mol. The van der Waals surface area contributed by atoms with Crippen LogP contribution in [0.4, 0.5) is 4.79 Å². The zero-order valence-electron chi connectivity index (χ0n) is 14.9. The first-order valence-electron chi connectivity index (χ1n) is 9.30. The molecule has 2 amide bonds. The molecule has 140 valence electrons. The first-order valence-corrected chi connectivity index (χ1v) is 11.2. The number of aromatic nitrogens is 1. The molecule has 1 aromatic carbocycles. The van der Waals surface area contributed by atoms with Crippen molar-refractivity contribution in [3.8, 4) is 5.69 Å². The second kappa shape index (κ2) is 8.22. The lowest BCUT2D eigenvalue weighted by Gasteiger charge is -2.25. The first-order chi connectivity index (χ1) is 13.1. The van der Waals surface area contributed by atoms with Gasteiger partial charge in [0.25, 0.3) is 11.1 Å². The van der Waals surface area contributed by atoms with E-state index < -0.39 is 0 Å². The molecule has 0 atom stereocenters. The third kappa shape index (κ3) is 4.16. The number of carbonyl (C=O) groups is 2. The molecule has 4 nitrogen and oxygen atoms in total. The summed E-state index contributed by atoms with van der Waals surface area (Å²) in [7, 11) is 0. The molecule has 0 N–H and O–H groups in total. The fraction of sp³-hybridized carbons (Fsp3) is 0.333. The number of rotatable bonds is 4. The minimum absolute atomic E-state index is 0.135. The van der Waals surface area contributed by atoms with Gasteiger partial charge in [0.05, 0.1) is 4.91 Å². The Morgan fingerprint density at radius 2 is 1.81 bits per heavy atom. The van der Waals surface area contributed by atoms with Gasteiger partial charge in [-0.3, -0.25) is 14.5 Å². The highest BCUT2D eigenvalue weighted by Gasteiger charge is 2.36. The molecule has 1 saturated carbocycles. The molecule has 0 radical (unpaired) electrons. The van der Waals surface area contributed by atoms with Crippen molar-refractivity contribution < 1.29 is 9.59 Å². The molecule has 4 rings (SSSR count). The summed E-state index contributed by atoms with van der Waals surface area (Å²) in [6, 6.07) is 12.1. The maximum absolute atomic E-state index is 12.8. The lowest BCUT2D eigenvalue weighted by molar-refractivity contribution is -0.123. The molecule has 1 aromatic heterocycles. The van der Waals surface area contributed by atoms with E-state index in [0.29, 0.717) is 17.4 Å². The van der Waals surface area contributed by atoms with Crippen molar-refractivity contribution in [2.75, 3.05) is 6.54 Å². The van der Waals surface area contributed by atoms with Crippen LogP contribution in [0.3, 0.4) is 0 Å². The van der Waals surface area contributed by atoms with E-state index in [4.69, 9.17) is 0 Å².